The average Bonchev–Trinajstić information content (AvgIpc) is 3.83. The van der Waals surface area contributed by atoms with Crippen LogP contribution in [0, 0.1) is 41.5 Å². The van der Waals surface area contributed by atoms with Crippen molar-refractivity contribution in [2.45, 2.75) is 212 Å². The molecule has 4 saturated carbocycles. The van der Waals surface area contributed by atoms with Crippen LogP contribution in [0.5, 0.6) is 0 Å². The van der Waals surface area contributed by atoms with E-state index in [9.17, 15) is 4.79 Å². The van der Waals surface area contributed by atoms with E-state index in [0.29, 0.717) is 29.3 Å². The average molecular weight is 907 g/mol. The second kappa shape index (κ2) is 46.2. The van der Waals surface area contributed by atoms with E-state index in [0.717, 1.165) is 41.8 Å². The van der Waals surface area contributed by atoms with Gasteiger partial charge in [0, 0.05) is 33.2 Å². The molecule has 4 atom stereocenters. The van der Waals surface area contributed by atoms with Crippen LogP contribution in [0.25, 0.3) is 0 Å². The molecule has 4 unspecified atom stereocenters. The van der Waals surface area contributed by atoms with Crippen LogP contribution in [0.15, 0.2) is 0 Å². The SMILES string of the molecule is C.C.C1CCCC1.C1CCCC1.CC(C)(C)SC1CCCC1CCCOCCO.CCOC(=O)COCCCC1CCCC1SC(C)(C)C.[CH3-].[CH3-].[CH3-].[CH3-].[Fe+2].[Fe+2]. The summed E-state index contributed by atoms with van der Waals surface area (Å²) in [6, 6.07) is 0. The Kier molecular flexibility index (Phi) is 61.8. The van der Waals surface area contributed by atoms with Gasteiger partial charge in [0.2, 0.25) is 0 Å². The molecule has 0 aromatic heterocycles. The van der Waals surface area contributed by atoms with Gasteiger partial charge in [0.1, 0.15) is 6.61 Å². The van der Waals surface area contributed by atoms with Crippen molar-refractivity contribution in [3.63, 3.8) is 0 Å². The van der Waals surface area contributed by atoms with Crippen molar-refractivity contribution in [3.05, 3.63) is 29.7 Å². The standard InChI is InChI=1S/C16H30O3S.C14H28O2S.2C5H10.2CH4.4CH3.2Fe/c1-5-19-15(17)12-18-11-7-9-13-8-6-10-14(13)20-16(2,3)4;1-14(2,3)17-13-8-4-6-12(13)7-5-10-16-11-9-15;2*1-2-4-5-3-1;;;;;;;;/h13-14H,5-12H2,1-4H3;12-13,15H,4-11H2,1-3H3;2*1-5H2;2*1H4;4*1H3;;/q;;;;;;4*-1;2*+2. The summed E-state index contributed by atoms with van der Waals surface area (Å²) >= 11 is 4.29. The van der Waals surface area contributed by atoms with Crippen molar-refractivity contribution < 1.29 is 58.2 Å². The van der Waals surface area contributed by atoms with Crippen LogP contribution in [-0.4, -0.2) is 70.7 Å². The first-order valence-corrected chi connectivity index (χ1v) is 21.5. The molecule has 340 valence electrons. The maximum absolute atomic E-state index is 11.1. The van der Waals surface area contributed by atoms with Crippen LogP contribution in [0.3, 0.4) is 0 Å². The zero-order chi connectivity index (χ0) is 34.8. The summed E-state index contributed by atoms with van der Waals surface area (Å²) in [5, 5.41) is 10.3. The second-order valence-corrected chi connectivity index (χ2v) is 20.1. The van der Waals surface area contributed by atoms with E-state index < -0.39 is 0 Å². The number of esters is 1. The Balaban J connectivity index is -0.0000000955. The summed E-state index contributed by atoms with van der Waals surface area (Å²) < 4.78 is 16.3. The molecule has 0 radical (unpaired) electrons. The molecule has 9 heteroatoms. The first kappa shape index (κ1) is 73.6. The van der Waals surface area contributed by atoms with Crippen LogP contribution >= 0.6 is 23.5 Å². The van der Waals surface area contributed by atoms with Crippen LogP contribution < -0.4 is 0 Å². The molecule has 4 aliphatic carbocycles. The third kappa shape index (κ3) is 44.5. The number of ether oxygens (including phenoxy) is 3. The first-order chi connectivity index (χ1) is 22.4. The van der Waals surface area contributed by atoms with Crippen molar-refractivity contribution in [1.82, 2.24) is 0 Å². The summed E-state index contributed by atoms with van der Waals surface area (Å²) in [7, 11) is 0. The Hall–Kier alpha value is 1.09. The van der Waals surface area contributed by atoms with Crippen molar-refractivity contribution >= 4 is 29.5 Å². The molecule has 0 aromatic rings. The van der Waals surface area contributed by atoms with E-state index in [2.05, 4.69) is 65.1 Å². The molecule has 1 N–H and O–H groups in total. The Morgan fingerprint density at radius 3 is 1.24 bits per heavy atom. The number of aliphatic hydroxyl groups is 1. The summed E-state index contributed by atoms with van der Waals surface area (Å²) in [4.78, 5) is 11.1. The van der Waals surface area contributed by atoms with Crippen molar-refractivity contribution in [2.75, 3.05) is 39.6 Å². The summed E-state index contributed by atoms with van der Waals surface area (Å²) in [6.45, 7) is 18.3. The minimum atomic E-state index is -0.255. The minimum Gasteiger partial charge on any atom is -0.464 e. The van der Waals surface area contributed by atoms with Crippen LogP contribution in [0.4, 0.5) is 0 Å². The van der Waals surface area contributed by atoms with Crippen LogP contribution in [0.2, 0.25) is 0 Å². The van der Waals surface area contributed by atoms with Gasteiger partial charge in [-0.3, -0.25) is 0 Å². The Labute approximate surface area is 378 Å². The largest absolute Gasteiger partial charge is 2.00 e. The molecule has 4 rings (SSSR count). The number of hydrogen-bond acceptors (Lipinski definition) is 7. The molecule has 4 aliphatic rings. The fraction of sp³-hybridized carbons (Fsp3) is 0.891. The molecule has 0 aliphatic heterocycles. The van der Waals surface area contributed by atoms with Gasteiger partial charge < -0.3 is 49.0 Å². The smallest absolute Gasteiger partial charge is 0.464 e. The van der Waals surface area contributed by atoms with E-state index in [1.54, 1.807) is 0 Å². The van der Waals surface area contributed by atoms with E-state index in [4.69, 9.17) is 19.3 Å². The Bertz CT molecular complexity index is 716. The minimum absolute atomic E-state index is 0. The first-order valence-electron chi connectivity index (χ1n) is 19.7. The maximum Gasteiger partial charge on any atom is 2.00 e. The van der Waals surface area contributed by atoms with Gasteiger partial charge in [-0.05, 0) is 70.1 Å². The van der Waals surface area contributed by atoms with E-state index in [1.807, 2.05) is 6.92 Å². The topological polar surface area (TPSA) is 65.0 Å². The molecule has 0 heterocycles. The summed E-state index contributed by atoms with van der Waals surface area (Å²) in [5.74, 6) is 1.46. The molecule has 0 aromatic carbocycles. The molecule has 0 amide bonds. The molecular weight excluding hydrogens is 808 g/mol. The molecule has 5 nitrogen and oxygen atoms in total. The molecular formula is C46H98Fe2O5S2. The second-order valence-electron chi connectivity index (χ2n) is 15.9. The van der Waals surface area contributed by atoms with Gasteiger partial charge in [-0.1, -0.05) is 133 Å². The van der Waals surface area contributed by atoms with Gasteiger partial charge in [-0.25, -0.2) is 4.79 Å². The predicted octanol–water partition coefficient (Wildman–Crippen LogP) is 14.5. The molecule has 55 heavy (non-hydrogen) atoms. The number of carbonyl (C=O) groups excluding carboxylic acids is 1. The Morgan fingerprint density at radius 2 is 0.927 bits per heavy atom. The number of hydrogen-bond donors (Lipinski definition) is 1. The number of aliphatic hydroxyl groups excluding tert-OH is 1. The fourth-order valence-corrected chi connectivity index (χ4v) is 10.4. The summed E-state index contributed by atoms with van der Waals surface area (Å²) in [5.41, 5.74) is 0. The molecule has 4 fully saturated rings. The van der Waals surface area contributed by atoms with E-state index in [1.165, 1.54) is 116 Å². The van der Waals surface area contributed by atoms with E-state index in [-0.39, 0.29) is 97.9 Å². The quantitative estimate of drug-likeness (QED) is 0.0760. The fourth-order valence-electron chi connectivity index (χ4n) is 7.07. The zero-order valence-corrected chi connectivity index (χ0v) is 40.6. The number of thioether (sulfide) groups is 2. The van der Waals surface area contributed by atoms with Crippen LogP contribution in [0.1, 0.15) is 192 Å². The van der Waals surface area contributed by atoms with Gasteiger partial charge in [0.25, 0.3) is 0 Å². The van der Waals surface area contributed by atoms with Crippen LogP contribution in [-0.2, 0) is 53.1 Å². The predicted molar refractivity (Wildman–Crippen MR) is 246 cm³/mol. The third-order valence-corrected chi connectivity index (χ3v) is 12.4. The maximum atomic E-state index is 11.1. The summed E-state index contributed by atoms with van der Waals surface area (Å²) in [6.07, 6.45) is 28.0. The van der Waals surface area contributed by atoms with Crippen molar-refractivity contribution in [1.29, 1.82) is 0 Å². The van der Waals surface area contributed by atoms with Crippen molar-refractivity contribution in [3.8, 4) is 0 Å². The number of carbonyl (C=O) groups is 1. The molecule has 0 spiro atoms. The van der Waals surface area contributed by atoms with Crippen molar-refractivity contribution in [2.24, 2.45) is 11.8 Å². The Morgan fingerprint density at radius 1 is 0.582 bits per heavy atom. The van der Waals surface area contributed by atoms with Gasteiger partial charge in [0.05, 0.1) is 19.8 Å². The van der Waals surface area contributed by atoms with Gasteiger partial charge in [0.15, 0.2) is 0 Å². The van der Waals surface area contributed by atoms with Gasteiger partial charge in [-0.2, -0.15) is 23.5 Å². The third-order valence-electron chi connectivity index (χ3n) is 9.18. The number of rotatable bonds is 15. The monoisotopic (exact) mass is 907 g/mol. The molecule has 0 bridgehead atoms. The van der Waals surface area contributed by atoms with E-state index >= 15 is 0 Å². The van der Waals surface area contributed by atoms with Gasteiger partial charge >= 0.3 is 40.1 Å². The molecule has 0 saturated heterocycles. The van der Waals surface area contributed by atoms with Gasteiger partial charge in [-0.15, -0.1) is 0 Å². The normalized spacial score (nSPS) is 20.6. The zero-order valence-electron chi connectivity index (χ0n) is 36.8.